The Hall–Kier alpha value is -2.37. The molecule has 5 rings (SSSR count). The quantitative estimate of drug-likeness (QED) is 0.112. The van der Waals surface area contributed by atoms with E-state index in [0.717, 1.165) is 0 Å². The van der Waals surface area contributed by atoms with E-state index in [4.69, 9.17) is 32.8 Å². The van der Waals surface area contributed by atoms with Crippen LogP contribution in [-0.4, -0.2) is 163 Å². The summed E-state index contributed by atoms with van der Waals surface area (Å²) < 4.78 is 38.2. The third-order valence-corrected chi connectivity index (χ3v) is 8.21. The molecule has 0 saturated carbocycles. The van der Waals surface area contributed by atoms with Crippen molar-refractivity contribution < 1.29 is 83.9 Å². The number of aliphatic hydroxyl groups is 10. The van der Waals surface area contributed by atoms with Crippen molar-refractivity contribution in [3.63, 3.8) is 0 Å². The lowest BCUT2D eigenvalue weighted by Gasteiger charge is -2.43. The van der Waals surface area contributed by atoms with E-state index in [1.165, 1.54) is 18.2 Å². The lowest BCUT2D eigenvalue weighted by Crippen LogP contribution is -2.63. The highest BCUT2D eigenvalue weighted by molar-refractivity contribution is 5.81. The summed E-state index contributed by atoms with van der Waals surface area (Å²) in [5.41, 5.74) is 0.275. The van der Waals surface area contributed by atoms with Gasteiger partial charge in [0, 0.05) is 17.5 Å². The van der Waals surface area contributed by atoms with Crippen LogP contribution in [0.25, 0.3) is 11.0 Å². The molecular weight excluding hydrogens is 624 g/mol. The first-order valence-electron chi connectivity index (χ1n) is 14.4. The summed E-state index contributed by atoms with van der Waals surface area (Å²) in [4.78, 5) is 11.8. The SMILES string of the molecule is Cc1cc(=O)oc2cc(O[C@@H]3O[C@H](CO[C@@H]4O[C@H](CO[C@@H]5O[C@H](CO)[C@@H](O)[C@H](O)[C@@H]5O)[C@@H](O)[C@H](O)[C@@H]4O)[C@@H](O)[C@H](O)[C@@H]3O)ccc12. The van der Waals surface area contributed by atoms with Crippen LogP contribution in [-0.2, 0) is 23.7 Å². The molecule has 258 valence electrons. The Kier molecular flexibility index (Phi) is 10.9. The van der Waals surface area contributed by atoms with Crippen molar-refractivity contribution in [2.45, 2.75) is 99.0 Å². The highest BCUT2D eigenvalue weighted by atomic mass is 16.7. The summed E-state index contributed by atoms with van der Waals surface area (Å²) in [6.07, 6.45) is -24.6. The molecule has 15 atom stereocenters. The van der Waals surface area contributed by atoms with Gasteiger partial charge in [-0.3, -0.25) is 0 Å². The van der Waals surface area contributed by atoms with E-state index in [9.17, 15) is 55.9 Å². The molecule has 0 amide bonds. The van der Waals surface area contributed by atoms with Crippen LogP contribution in [0.4, 0.5) is 0 Å². The van der Waals surface area contributed by atoms with Crippen LogP contribution < -0.4 is 10.4 Å². The summed E-state index contributed by atoms with van der Waals surface area (Å²) in [6, 6.07) is 5.83. The van der Waals surface area contributed by atoms with Gasteiger partial charge >= 0.3 is 5.63 Å². The van der Waals surface area contributed by atoms with Gasteiger partial charge in [-0.05, 0) is 24.6 Å². The van der Waals surface area contributed by atoms with Gasteiger partial charge in [-0.2, -0.15) is 0 Å². The first kappa shape index (κ1) is 35.0. The summed E-state index contributed by atoms with van der Waals surface area (Å²) >= 11 is 0. The Morgan fingerprint density at radius 2 is 1.11 bits per heavy atom. The Balaban J connectivity index is 1.21. The van der Waals surface area contributed by atoms with Crippen molar-refractivity contribution in [2.24, 2.45) is 0 Å². The zero-order valence-corrected chi connectivity index (χ0v) is 24.3. The van der Waals surface area contributed by atoms with Gasteiger partial charge in [-0.1, -0.05) is 0 Å². The molecule has 3 aliphatic rings. The zero-order chi connectivity index (χ0) is 33.4. The number of fused-ring (bicyclic) bond motifs is 1. The fraction of sp³-hybridized carbons (Fsp3) is 0.679. The molecule has 0 bridgehead atoms. The largest absolute Gasteiger partial charge is 0.462 e. The summed E-state index contributed by atoms with van der Waals surface area (Å²) in [6.45, 7) is -0.178. The Labute approximate surface area is 260 Å². The van der Waals surface area contributed by atoms with E-state index in [2.05, 4.69) is 0 Å². The lowest BCUT2D eigenvalue weighted by molar-refractivity contribution is -0.339. The topological polar surface area (TPSA) is 288 Å². The van der Waals surface area contributed by atoms with Crippen LogP contribution in [0.15, 0.2) is 33.5 Å². The van der Waals surface area contributed by atoms with Crippen LogP contribution in [0.5, 0.6) is 5.75 Å². The predicted octanol–water partition coefficient (Wildman–Crippen LogP) is -5.07. The standard InChI is InChI=1S/C28H38O18/c1-9-4-16(30)43-12-5-10(2-3-11(9)12)42-28-25(39)22(36)19(33)15(46-28)8-41-27-24(38)21(35)18(32)14(45-27)7-40-26-23(37)20(34)17(31)13(6-29)44-26/h2-5,13-15,17-29,31-39H,6-8H2,1H3/t13-,14-,15-,17-,18-,19-,20+,21+,22+,23+,24+,25+,26-,27-,28-/m1/s1. The molecule has 18 heteroatoms. The van der Waals surface area contributed by atoms with Crippen LogP contribution >= 0.6 is 0 Å². The molecule has 0 spiro atoms. The molecule has 2 aromatic rings. The minimum absolute atomic E-state index is 0.0962. The highest BCUT2D eigenvalue weighted by Gasteiger charge is 2.49. The van der Waals surface area contributed by atoms with Gasteiger partial charge in [0.2, 0.25) is 6.29 Å². The molecule has 18 nitrogen and oxygen atoms in total. The molecular formula is C28H38O18. The number of benzene rings is 1. The third kappa shape index (κ3) is 7.06. The van der Waals surface area contributed by atoms with Crippen molar-refractivity contribution in [3.8, 4) is 5.75 Å². The maximum atomic E-state index is 11.8. The van der Waals surface area contributed by atoms with E-state index >= 15 is 0 Å². The zero-order valence-electron chi connectivity index (χ0n) is 24.3. The van der Waals surface area contributed by atoms with Crippen LogP contribution in [0, 0.1) is 6.92 Å². The second kappa shape index (κ2) is 14.4. The average molecular weight is 663 g/mol. The van der Waals surface area contributed by atoms with E-state index in [1.807, 2.05) is 0 Å². The highest BCUT2D eigenvalue weighted by Crippen LogP contribution is 2.30. The Morgan fingerprint density at radius 3 is 1.65 bits per heavy atom. The first-order chi connectivity index (χ1) is 21.8. The smallest absolute Gasteiger partial charge is 0.336 e. The van der Waals surface area contributed by atoms with Gasteiger partial charge in [0.1, 0.15) is 84.6 Å². The van der Waals surface area contributed by atoms with Gasteiger partial charge in [0.25, 0.3) is 0 Å². The molecule has 1 aromatic carbocycles. The van der Waals surface area contributed by atoms with E-state index in [-0.39, 0.29) is 11.3 Å². The second-order valence-corrected chi connectivity index (χ2v) is 11.4. The number of aryl methyl sites for hydroxylation is 1. The van der Waals surface area contributed by atoms with E-state index in [0.29, 0.717) is 10.9 Å². The molecule has 0 unspecified atom stereocenters. The van der Waals surface area contributed by atoms with Crippen molar-refractivity contribution in [1.82, 2.24) is 0 Å². The van der Waals surface area contributed by atoms with Gasteiger partial charge in [0.05, 0.1) is 19.8 Å². The van der Waals surface area contributed by atoms with Gasteiger partial charge in [-0.25, -0.2) is 4.79 Å². The molecule has 3 fully saturated rings. The fourth-order valence-electron chi connectivity index (χ4n) is 5.44. The Morgan fingerprint density at radius 1 is 0.630 bits per heavy atom. The maximum Gasteiger partial charge on any atom is 0.336 e. The number of hydrogen-bond acceptors (Lipinski definition) is 18. The normalized spacial score (nSPS) is 41.8. The molecule has 1 aromatic heterocycles. The number of aliphatic hydroxyl groups excluding tert-OH is 10. The predicted molar refractivity (Wildman–Crippen MR) is 147 cm³/mol. The van der Waals surface area contributed by atoms with Crippen LogP contribution in [0.1, 0.15) is 5.56 Å². The van der Waals surface area contributed by atoms with Crippen molar-refractivity contribution in [2.75, 3.05) is 19.8 Å². The third-order valence-electron chi connectivity index (χ3n) is 8.21. The molecule has 0 aliphatic carbocycles. The van der Waals surface area contributed by atoms with Gasteiger partial charge in [0.15, 0.2) is 12.6 Å². The van der Waals surface area contributed by atoms with Crippen molar-refractivity contribution in [1.29, 1.82) is 0 Å². The van der Waals surface area contributed by atoms with Crippen LogP contribution in [0.2, 0.25) is 0 Å². The number of rotatable bonds is 9. The Bertz CT molecular complexity index is 1370. The van der Waals surface area contributed by atoms with E-state index in [1.54, 1.807) is 13.0 Å². The minimum atomic E-state index is -1.83. The molecule has 3 aliphatic heterocycles. The number of ether oxygens (including phenoxy) is 6. The fourth-order valence-corrected chi connectivity index (χ4v) is 5.44. The molecule has 10 N–H and O–H groups in total. The lowest BCUT2D eigenvalue weighted by atomic mass is 9.98. The van der Waals surface area contributed by atoms with Gasteiger partial charge in [-0.15, -0.1) is 0 Å². The number of hydrogen-bond donors (Lipinski definition) is 10. The van der Waals surface area contributed by atoms with Crippen molar-refractivity contribution in [3.05, 3.63) is 40.2 Å². The minimum Gasteiger partial charge on any atom is -0.462 e. The van der Waals surface area contributed by atoms with Crippen molar-refractivity contribution >= 4 is 11.0 Å². The molecule has 3 saturated heterocycles. The van der Waals surface area contributed by atoms with E-state index < -0.39 is 118 Å². The molecule has 4 heterocycles. The maximum absolute atomic E-state index is 11.8. The monoisotopic (exact) mass is 662 g/mol. The summed E-state index contributed by atoms with van der Waals surface area (Å²) in [7, 11) is 0. The molecule has 46 heavy (non-hydrogen) atoms. The van der Waals surface area contributed by atoms with Crippen LogP contribution in [0.3, 0.4) is 0 Å². The second-order valence-electron chi connectivity index (χ2n) is 11.4. The first-order valence-corrected chi connectivity index (χ1v) is 14.4. The average Bonchev–Trinajstić information content (AvgIpc) is 3.03. The molecule has 0 radical (unpaired) electrons. The van der Waals surface area contributed by atoms with Gasteiger partial charge < -0.3 is 83.9 Å². The summed E-state index contributed by atoms with van der Waals surface area (Å²) in [5.74, 6) is 0.0962. The summed E-state index contributed by atoms with van der Waals surface area (Å²) in [5, 5.41) is 103.